The Morgan fingerprint density at radius 3 is 1.91 bits per heavy atom. The van der Waals surface area contributed by atoms with Gasteiger partial charge in [0.25, 0.3) is 0 Å². The lowest BCUT2D eigenvalue weighted by Crippen LogP contribution is -2.15. The molecule has 0 N–H and O–H groups in total. The van der Waals surface area contributed by atoms with E-state index in [-0.39, 0.29) is 5.92 Å². The summed E-state index contributed by atoms with van der Waals surface area (Å²) in [6, 6.07) is 16.8. The first-order valence-electron chi connectivity index (χ1n) is 8.07. The molecule has 0 spiro atoms. The maximum atomic E-state index is 14.3. The minimum Gasteiger partial charge on any atom is -0.242 e. The molecule has 0 radical (unpaired) electrons. The highest BCUT2D eigenvalue weighted by Crippen LogP contribution is 2.31. The third-order valence-electron chi connectivity index (χ3n) is 4.31. The summed E-state index contributed by atoms with van der Waals surface area (Å²) >= 11 is 0. The van der Waals surface area contributed by atoms with Gasteiger partial charge in [0.15, 0.2) is 0 Å². The normalized spacial score (nSPS) is 14.4. The van der Waals surface area contributed by atoms with Crippen molar-refractivity contribution in [3.63, 3.8) is 0 Å². The third-order valence-corrected chi connectivity index (χ3v) is 4.31. The van der Waals surface area contributed by atoms with Crippen LogP contribution in [0.4, 0.5) is 4.39 Å². The second-order valence-corrected chi connectivity index (χ2v) is 6.22. The van der Waals surface area contributed by atoms with Crippen LogP contribution in [-0.4, -0.2) is 6.17 Å². The van der Waals surface area contributed by atoms with Crippen molar-refractivity contribution in [2.45, 2.75) is 33.9 Å². The Labute approximate surface area is 139 Å². The van der Waals surface area contributed by atoms with Crippen molar-refractivity contribution < 1.29 is 4.39 Å². The van der Waals surface area contributed by atoms with E-state index in [2.05, 4.69) is 62.0 Å². The largest absolute Gasteiger partial charge is 0.242 e. The second-order valence-electron chi connectivity index (χ2n) is 6.22. The fourth-order valence-electron chi connectivity index (χ4n) is 2.88. The van der Waals surface area contributed by atoms with Crippen LogP contribution in [0, 0.1) is 12.8 Å². The van der Waals surface area contributed by atoms with Crippen molar-refractivity contribution in [3.8, 4) is 11.1 Å². The Morgan fingerprint density at radius 1 is 1.00 bits per heavy atom. The molecule has 2 atom stereocenters. The number of hydrogen-bond acceptors (Lipinski definition) is 0. The molecule has 0 saturated heterocycles. The number of hydrogen-bond donors (Lipinski definition) is 0. The van der Waals surface area contributed by atoms with Gasteiger partial charge in [-0.15, -0.1) is 0 Å². The lowest BCUT2D eigenvalue weighted by Gasteiger charge is -2.21. The molecule has 0 heterocycles. The highest BCUT2D eigenvalue weighted by Gasteiger charge is 2.21. The smallest absolute Gasteiger partial charge is 0.127 e. The average Bonchev–Trinajstić information content (AvgIpc) is 2.56. The van der Waals surface area contributed by atoms with E-state index < -0.39 is 6.17 Å². The predicted octanol–water partition coefficient (Wildman–Crippen LogP) is 6.62. The van der Waals surface area contributed by atoms with Crippen LogP contribution in [0.15, 0.2) is 66.8 Å². The van der Waals surface area contributed by atoms with Crippen molar-refractivity contribution in [1.82, 2.24) is 0 Å². The maximum Gasteiger partial charge on any atom is 0.127 e. The summed E-state index contributed by atoms with van der Waals surface area (Å²) in [7, 11) is 0. The van der Waals surface area contributed by atoms with E-state index in [1.807, 2.05) is 19.9 Å². The quantitative estimate of drug-likeness (QED) is 0.545. The van der Waals surface area contributed by atoms with Gasteiger partial charge in [-0.2, -0.15) is 0 Å². The average molecular weight is 308 g/mol. The lowest BCUT2D eigenvalue weighted by atomic mass is 9.87. The molecule has 23 heavy (non-hydrogen) atoms. The predicted molar refractivity (Wildman–Crippen MR) is 99.1 cm³/mol. The van der Waals surface area contributed by atoms with Crippen LogP contribution in [0.25, 0.3) is 16.7 Å². The first kappa shape index (κ1) is 17.2. The highest BCUT2D eigenvalue weighted by molar-refractivity contribution is 5.72. The summed E-state index contributed by atoms with van der Waals surface area (Å²) in [6.07, 6.45) is 0.985. The summed E-state index contributed by atoms with van der Waals surface area (Å²) in [5.74, 6) is -0.192. The van der Waals surface area contributed by atoms with Crippen LogP contribution in [-0.2, 0) is 0 Å². The summed E-state index contributed by atoms with van der Waals surface area (Å²) in [6.45, 7) is 11.5. The van der Waals surface area contributed by atoms with Crippen LogP contribution in [0.1, 0.15) is 31.9 Å². The molecule has 0 nitrogen and oxygen atoms in total. The van der Waals surface area contributed by atoms with Gasteiger partial charge in [-0.25, -0.2) is 4.39 Å². The van der Waals surface area contributed by atoms with E-state index in [4.69, 9.17) is 0 Å². The molecule has 0 aromatic heterocycles. The topological polar surface area (TPSA) is 0 Å². The Kier molecular flexibility index (Phi) is 5.54. The van der Waals surface area contributed by atoms with E-state index in [1.54, 1.807) is 6.92 Å². The van der Waals surface area contributed by atoms with Gasteiger partial charge in [0, 0.05) is 5.92 Å². The standard InChI is InChI=1S/C22H25F/c1-6-21(17(5)22(23)15(2)3)20-13-11-19(12-14-20)18-9-7-16(4)8-10-18/h6-14,17,22H,2H2,1,3-5H3/b21-6+/t17-,22?/m1/s1. The van der Waals surface area contributed by atoms with Gasteiger partial charge in [0.2, 0.25) is 0 Å². The summed E-state index contributed by atoms with van der Waals surface area (Å²) in [5.41, 5.74) is 6.30. The minimum atomic E-state index is -1.02. The Balaban J connectivity index is 2.27. The van der Waals surface area contributed by atoms with E-state index in [1.165, 1.54) is 16.7 Å². The van der Waals surface area contributed by atoms with Gasteiger partial charge < -0.3 is 0 Å². The molecule has 0 saturated carbocycles. The van der Waals surface area contributed by atoms with Gasteiger partial charge in [0.05, 0.1) is 0 Å². The minimum absolute atomic E-state index is 0.192. The van der Waals surface area contributed by atoms with Gasteiger partial charge in [-0.3, -0.25) is 0 Å². The Morgan fingerprint density at radius 2 is 1.48 bits per heavy atom. The molecule has 2 rings (SSSR count). The van der Waals surface area contributed by atoms with Crippen LogP contribution in [0.3, 0.4) is 0 Å². The molecule has 1 heteroatoms. The van der Waals surface area contributed by atoms with Gasteiger partial charge in [-0.05, 0) is 48.6 Å². The zero-order valence-corrected chi connectivity index (χ0v) is 14.4. The fraction of sp³-hybridized carbons (Fsp3) is 0.273. The van der Waals surface area contributed by atoms with Gasteiger partial charge >= 0.3 is 0 Å². The first-order chi connectivity index (χ1) is 10.9. The van der Waals surface area contributed by atoms with Crippen molar-refractivity contribution >= 4 is 5.57 Å². The van der Waals surface area contributed by atoms with Crippen LogP contribution in [0.5, 0.6) is 0 Å². The molecule has 0 aliphatic heterocycles. The number of benzene rings is 2. The molecule has 0 amide bonds. The van der Waals surface area contributed by atoms with Crippen molar-refractivity contribution in [1.29, 1.82) is 0 Å². The van der Waals surface area contributed by atoms with E-state index in [0.29, 0.717) is 5.57 Å². The van der Waals surface area contributed by atoms with Gasteiger partial charge in [-0.1, -0.05) is 73.7 Å². The van der Waals surface area contributed by atoms with Crippen molar-refractivity contribution in [2.75, 3.05) is 0 Å². The fourth-order valence-corrected chi connectivity index (χ4v) is 2.88. The Hall–Kier alpha value is -2.15. The zero-order valence-electron chi connectivity index (χ0n) is 14.4. The van der Waals surface area contributed by atoms with Crippen molar-refractivity contribution in [2.24, 2.45) is 5.92 Å². The van der Waals surface area contributed by atoms with Crippen LogP contribution in [0.2, 0.25) is 0 Å². The number of allylic oxidation sites excluding steroid dienone is 3. The molecule has 0 fully saturated rings. The highest BCUT2D eigenvalue weighted by atomic mass is 19.1. The Bertz CT molecular complexity index is 690. The SMILES string of the molecule is C=C(C)C(F)[C@H](C)/C(=C\C)c1ccc(-c2ccc(C)cc2)cc1. The molecule has 2 aromatic rings. The molecule has 1 unspecified atom stereocenters. The van der Waals surface area contributed by atoms with Crippen LogP contribution >= 0.6 is 0 Å². The van der Waals surface area contributed by atoms with E-state index in [0.717, 1.165) is 11.1 Å². The zero-order chi connectivity index (χ0) is 17.0. The lowest BCUT2D eigenvalue weighted by molar-refractivity contribution is 0.327. The summed E-state index contributed by atoms with van der Waals surface area (Å²) in [4.78, 5) is 0. The van der Waals surface area contributed by atoms with Crippen LogP contribution < -0.4 is 0 Å². The van der Waals surface area contributed by atoms with E-state index in [9.17, 15) is 4.39 Å². The first-order valence-corrected chi connectivity index (χ1v) is 8.07. The number of alkyl halides is 1. The number of halogens is 1. The summed E-state index contributed by atoms with van der Waals surface area (Å²) in [5, 5.41) is 0. The van der Waals surface area contributed by atoms with Gasteiger partial charge in [0.1, 0.15) is 6.17 Å². The molecule has 0 aliphatic carbocycles. The number of aryl methyl sites for hydroxylation is 1. The third kappa shape index (κ3) is 3.98. The maximum absolute atomic E-state index is 14.3. The molecular formula is C22H25F. The van der Waals surface area contributed by atoms with Crippen molar-refractivity contribution in [3.05, 3.63) is 77.9 Å². The number of rotatable bonds is 5. The molecule has 2 aromatic carbocycles. The molecule has 0 bridgehead atoms. The molecular weight excluding hydrogens is 283 g/mol. The molecule has 0 aliphatic rings. The monoisotopic (exact) mass is 308 g/mol. The van der Waals surface area contributed by atoms with E-state index >= 15 is 0 Å². The molecule has 120 valence electrons. The summed E-state index contributed by atoms with van der Waals surface area (Å²) < 4.78 is 14.3. The second kappa shape index (κ2) is 7.41.